The number of rotatable bonds is 10. The van der Waals surface area contributed by atoms with Crippen molar-refractivity contribution in [3.05, 3.63) is 131 Å². The van der Waals surface area contributed by atoms with E-state index in [9.17, 15) is 0 Å². The zero-order valence-electron chi connectivity index (χ0n) is 33.9. The Kier molecular flexibility index (Phi) is 18.8. The maximum atomic E-state index is 5.98. The molecule has 7 heteroatoms. The summed E-state index contributed by atoms with van der Waals surface area (Å²) >= 11 is -0.826. The van der Waals surface area contributed by atoms with E-state index < -0.39 is 37.3 Å². The summed E-state index contributed by atoms with van der Waals surface area (Å²) in [5.74, 6) is 0. The number of halogens is 2. The van der Waals surface area contributed by atoms with Gasteiger partial charge in [0, 0.05) is 0 Å². The van der Waals surface area contributed by atoms with E-state index in [4.69, 9.17) is 25.0 Å². The fourth-order valence-corrected chi connectivity index (χ4v) is 14.9. The molecule has 0 amide bonds. The second kappa shape index (κ2) is 21.9. The molecule has 0 saturated heterocycles. The molecule has 0 heterocycles. The standard InChI is InChI=1S/2C20H21.C6H18BNSi2.2ClH.Zr/c2*1-3-4-9-16-13-17-10-7-12-19(20(17)14-16)18-11-6-5-8-15(18)2;1-9(2,3)8(7)10(4,5)6;;;/h2*5-8,10-14H,3-4,9H2,1-2H3;1-6H3;2*1H;/q2*-1;;;;+4/p-2. The van der Waals surface area contributed by atoms with Crippen LogP contribution in [-0.4, -0.2) is 28.6 Å². The minimum atomic E-state index is -1.22. The molecule has 0 fully saturated rings. The molecule has 0 aromatic heterocycles. The summed E-state index contributed by atoms with van der Waals surface area (Å²) < 4.78 is 2.15. The first kappa shape index (κ1) is 45.4. The summed E-state index contributed by atoms with van der Waals surface area (Å²) in [6.07, 6.45) is 7.45. The average molecular weight is 856 g/mol. The summed E-state index contributed by atoms with van der Waals surface area (Å²) in [6, 6.07) is 40.1. The Hall–Kier alpha value is -1.98. The number of fused-ring (bicyclic) bond motifs is 2. The molecule has 0 saturated carbocycles. The number of hydrogen-bond donors (Lipinski definition) is 0. The van der Waals surface area contributed by atoms with Gasteiger partial charge < -0.3 is 4.14 Å². The van der Waals surface area contributed by atoms with Gasteiger partial charge in [-0.2, -0.15) is 12.1 Å². The molecule has 0 atom stereocenters. The van der Waals surface area contributed by atoms with Crippen molar-refractivity contribution >= 4 is 63.0 Å². The SMILES string of the molecule is CCCCc1cc2c(-c3ccccc3C)cccc2[cH-]1.CCCCc1cc2c(-c3ccccc3C)cccc2[cH-]1.[B]N([Si](C)(C)C)[Si](C)(C)C.[Cl][Zr+2][Cl]. The van der Waals surface area contributed by atoms with E-state index in [-0.39, 0.29) is 0 Å². The Morgan fingerprint density at radius 3 is 1.21 bits per heavy atom. The normalized spacial score (nSPS) is 11.3. The first-order valence-corrected chi connectivity index (χ1v) is 32.4. The molecule has 1 nitrogen and oxygen atoms in total. The van der Waals surface area contributed by atoms with E-state index in [2.05, 4.69) is 180 Å². The van der Waals surface area contributed by atoms with Crippen LogP contribution in [0.2, 0.25) is 39.3 Å². The first-order valence-electron chi connectivity index (χ1n) is 19.2. The maximum absolute atomic E-state index is 5.98. The van der Waals surface area contributed by atoms with Gasteiger partial charge >= 0.3 is 37.9 Å². The van der Waals surface area contributed by atoms with Crippen LogP contribution in [0.1, 0.15) is 61.8 Å². The van der Waals surface area contributed by atoms with Crippen molar-refractivity contribution in [3.8, 4) is 22.3 Å². The summed E-state index contributed by atoms with van der Waals surface area (Å²) in [6.45, 7) is 22.6. The molecule has 0 aliphatic rings. The van der Waals surface area contributed by atoms with E-state index in [1.54, 1.807) is 0 Å². The number of benzene rings is 4. The Bertz CT molecular complexity index is 1840. The Balaban J connectivity index is 0.000000218. The minimum absolute atomic E-state index is 0.826. The van der Waals surface area contributed by atoms with Gasteiger partial charge in [-0.1, -0.05) is 151 Å². The van der Waals surface area contributed by atoms with Crippen molar-refractivity contribution in [2.75, 3.05) is 0 Å². The van der Waals surface area contributed by atoms with Crippen LogP contribution in [0.25, 0.3) is 43.8 Å². The van der Waals surface area contributed by atoms with Crippen molar-refractivity contribution in [1.29, 1.82) is 0 Å². The summed E-state index contributed by atoms with van der Waals surface area (Å²) in [7, 11) is 13.4. The number of nitrogens with zero attached hydrogens (tertiary/aromatic N) is 1. The third-order valence-corrected chi connectivity index (χ3v) is 16.5. The Morgan fingerprint density at radius 2 is 0.906 bits per heavy atom. The fourth-order valence-electron chi connectivity index (χ4n) is 6.87. The third kappa shape index (κ3) is 13.6. The number of unbranched alkanes of at least 4 members (excludes halogenated alkanes) is 2. The molecular formula is C46H60BCl2NSi2Zr. The summed E-state index contributed by atoms with van der Waals surface area (Å²) in [5.41, 5.74) is 11.1. The zero-order chi connectivity index (χ0) is 39.2. The van der Waals surface area contributed by atoms with E-state index in [0.29, 0.717) is 0 Å². The van der Waals surface area contributed by atoms with Crippen molar-refractivity contribution in [2.45, 2.75) is 106 Å². The zero-order valence-corrected chi connectivity index (χ0v) is 39.9. The Labute approximate surface area is 344 Å². The number of hydrogen-bond acceptors (Lipinski definition) is 1. The van der Waals surface area contributed by atoms with E-state index in [0.717, 1.165) is 0 Å². The average Bonchev–Trinajstić information content (AvgIpc) is 3.74. The fraction of sp³-hybridized carbons (Fsp3) is 0.348. The molecule has 6 aromatic rings. The molecule has 278 valence electrons. The summed E-state index contributed by atoms with van der Waals surface area (Å²) in [5, 5.41) is 5.54. The third-order valence-electron chi connectivity index (χ3n) is 9.57. The molecule has 2 radical (unpaired) electrons. The molecule has 53 heavy (non-hydrogen) atoms. The van der Waals surface area contributed by atoms with Gasteiger partial charge in [0.2, 0.25) is 0 Å². The number of aryl methyl sites for hydroxylation is 4. The van der Waals surface area contributed by atoms with Gasteiger partial charge in [-0.05, 0) is 48.9 Å². The van der Waals surface area contributed by atoms with Crippen LogP contribution in [0, 0.1) is 13.8 Å². The van der Waals surface area contributed by atoms with Crippen LogP contribution in [0.15, 0.2) is 109 Å². The molecule has 6 aromatic carbocycles. The van der Waals surface area contributed by atoms with Crippen LogP contribution < -0.4 is 0 Å². The van der Waals surface area contributed by atoms with Gasteiger partial charge in [0.15, 0.2) is 7.98 Å². The summed E-state index contributed by atoms with van der Waals surface area (Å²) in [4.78, 5) is 0. The predicted molar refractivity (Wildman–Crippen MR) is 243 cm³/mol. The van der Waals surface area contributed by atoms with Gasteiger partial charge in [0.25, 0.3) is 0 Å². The molecule has 0 aliphatic carbocycles. The van der Waals surface area contributed by atoms with E-state index in [1.165, 1.54) is 105 Å². The predicted octanol–water partition coefficient (Wildman–Crippen LogP) is 15.2. The quantitative estimate of drug-likeness (QED) is 0.0980. The van der Waals surface area contributed by atoms with Gasteiger partial charge in [0.1, 0.15) is 16.5 Å². The Morgan fingerprint density at radius 1 is 0.566 bits per heavy atom. The van der Waals surface area contributed by atoms with Crippen LogP contribution in [-0.2, 0) is 33.7 Å². The second-order valence-corrected chi connectivity index (χ2v) is 29.8. The molecule has 0 bridgehead atoms. The molecule has 0 N–H and O–H groups in total. The van der Waals surface area contributed by atoms with Crippen LogP contribution in [0.4, 0.5) is 0 Å². The van der Waals surface area contributed by atoms with Gasteiger partial charge in [-0.3, -0.25) is 0 Å². The van der Waals surface area contributed by atoms with Crippen molar-refractivity contribution in [1.82, 2.24) is 4.14 Å². The van der Waals surface area contributed by atoms with Crippen LogP contribution in [0.3, 0.4) is 0 Å². The van der Waals surface area contributed by atoms with Crippen molar-refractivity contribution < 1.29 is 20.8 Å². The molecule has 6 rings (SSSR count). The van der Waals surface area contributed by atoms with Gasteiger partial charge in [0.05, 0.1) is 0 Å². The van der Waals surface area contributed by atoms with Crippen LogP contribution >= 0.6 is 17.0 Å². The second-order valence-electron chi connectivity index (χ2n) is 16.0. The van der Waals surface area contributed by atoms with E-state index >= 15 is 0 Å². The van der Waals surface area contributed by atoms with Crippen molar-refractivity contribution in [3.63, 3.8) is 0 Å². The van der Waals surface area contributed by atoms with E-state index in [1.807, 2.05) is 0 Å². The topological polar surface area (TPSA) is 3.24 Å². The molecule has 0 aliphatic heterocycles. The monoisotopic (exact) mass is 853 g/mol. The molecular weight excluding hydrogens is 796 g/mol. The van der Waals surface area contributed by atoms with Gasteiger partial charge in [-0.25, -0.2) is 0 Å². The molecule has 0 spiro atoms. The van der Waals surface area contributed by atoms with Crippen molar-refractivity contribution in [2.24, 2.45) is 0 Å². The first-order chi connectivity index (χ1) is 25.2. The van der Waals surface area contributed by atoms with Gasteiger partial charge in [-0.15, -0.1) is 69.1 Å². The molecule has 0 unspecified atom stereocenters. The van der Waals surface area contributed by atoms with Crippen LogP contribution in [0.5, 0.6) is 0 Å².